The number of hydrogen-bond donors (Lipinski definition) is 1. The van der Waals surface area contributed by atoms with Gasteiger partial charge in [0.2, 0.25) is 0 Å². The van der Waals surface area contributed by atoms with Gasteiger partial charge in [-0.25, -0.2) is 0 Å². The van der Waals surface area contributed by atoms with E-state index in [9.17, 15) is 0 Å². The van der Waals surface area contributed by atoms with Crippen LogP contribution in [-0.4, -0.2) is 31.2 Å². The molecular formula is C7H9BO2. The highest BCUT2D eigenvalue weighted by Crippen LogP contribution is 2.27. The molecule has 1 saturated heterocycles. The second-order valence-corrected chi connectivity index (χ2v) is 2.49. The highest BCUT2D eigenvalue weighted by atomic mass is 16.5. The zero-order valence-electron chi connectivity index (χ0n) is 5.71. The standard InChI is InChI=1S/C7H9BO2/c1-2-7(5-9)4-3-6(8)10-7/h1,6,9H,3-5H2/t6-,7+/m1/s1. The molecule has 1 aliphatic rings. The molecule has 0 amide bonds. The van der Waals surface area contributed by atoms with E-state index in [0.717, 1.165) is 6.42 Å². The molecule has 1 aliphatic heterocycles. The summed E-state index contributed by atoms with van der Waals surface area (Å²) in [4.78, 5) is 0. The van der Waals surface area contributed by atoms with Crippen molar-refractivity contribution < 1.29 is 9.84 Å². The predicted octanol–water partition coefficient (Wildman–Crippen LogP) is -0.344. The first-order chi connectivity index (χ1) is 4.72. The number of hydrogen-bond acceptors (Lipinski definition) is 2. The van der Waals surface area contributed by atoms with Gasteiger partial charge >= 0.3 is 0 Å². The minimum absolute atomic E-state index is 0.142. The molecule has 1 N–H and O–H groups in total. The Morgan fingerprint density at radius 2 is 2.60 bits per heavy atom. The maximum Gasteiger partial charge on any atom is 0.150 e. The van der Waals surface area contributed by atoms with Crippen LogP contribution >= 0.6 is 0 Å². The number of ether oxygens (including phenoxy) is 1. The molecule has 1 fully saturated rings. The number of rotatable bonds is 1. The fourth-order valence-electron chi connectivity index (χ4n) is 1.05. The summed E-state index contributed by atoms with van der Waals surface area (Å²) >= 11 is 0. The average molecular weight is 136 g/mol. The van der Waals surface area contributed by atoms with Crippen molar-refractivity contribution >= 4 is 7.85 Å². The van der Waals surface area contributed by atoms with Gasteiger partial charge < -0.3 is 9.84 Å². The summed E-state index contributed by atoms with van der Waals surface area (Å²) in [6.07, 6.45) is 6.53. The van der Waals surface area contributed by atoms with Crippen molar-refractivity contribution in [2.24, 2.45) is 0 Å². The lowest BCUT2D eigenvalue weighted by atomic mass is 9.95. The highest BCUT2D eigenvalue weighted by Gasteiger charge is 2.35. The molecule has 0 aromatic rings. The maximum absolute atomic E-state index is 8.81. The van der Waals surface area contributed by atoms with E-state index in [0.29, 0.717) is 6.42 Å². The predicted molar refractivity (Wildman–Crippen MR) is 38.5 cm³/mol. The van der Waals surface area contributed by atoms with Gasteiger partial charge in [-0.05, 0) is 12.8 Å². The van der Waals surface area contributed by atoms with Crippen LogP contribution in [0.2, 0.25) is 0 Å². The Balaban J connectivity index is 2.62. The molecule has 0 bridgehead atoms. The zero-order valence-corrected chi connectivity index (χ0v) is 5.71. The lowest BCUT2D eigenvalue weighted by molar-refractivity contribution is -0.00747. The van der Waals surface area contributed by atoms with Gasteiger partial charge in [-0.2, -0.15) is 0 Å². The molecule has 52 valence electrons. The van der Waals surface area contributed by atoms with Crippen molar-refractivity contribution in [3.8, 4) is 12.3 Å². The molecule has 0 spiro atoms. The summed E-state index contributed by atoms with van der Waals surface area (Å²) in [6.45, 7) is -0.142. The second-order valence-electron chi connectivity index (χ2n) is 2.49. The first-order valence-corrected chi connectivity index (χ1v) is 3.24. The van der Waals surface area contributed by atoms with Crippen LogP contribution in [0.4, 0.5) is 0 Å². The third-order valence-electron chi connectivity index (χ3n) is 1.73. The number of terminal acetylenes is 1. The fourth-order valence-corrected chi connectivity index (χ4v) is 1.05. The first-order valence-electron chi connectivity index (χ1n) is 3.24. The molecule has 1 heterocycles. The van der Waals surface area contributed by atoms with Crippen LogP contribution in [-0.2, 0) is 4.74 Å². The Kier molecular flexibility index (Phi) is 2.03. The number of aliphatic hydroxyl groups is 1. The summed E-state index contributed by atoms with van der Waals surface area (Å²) in [7, 11) is 5.43. The first kappa shape index (κ1) is 7.65. The van der Waals surface area contributed by atoms with Crippen LogP contribution in [0.5, 0.6) is 0 Å². The van der Waals surface area contributed by atoms with E-state index in [4.69, 9.17) is 24.1 Å². The van der Waals surface area contributed by atoms with Gasteiger partial charge in [-0.3, -0.25) is 0 Å². The Bertz CT molecular complexity index is 163. The van der Waals surface area contributed by atoms with E-state index in [-0.39, 0.29) is 12.6 Å². The van der Waals surface area contributed by atoms with Crippen LogP contribution in [0.3, 0.4) is 0 Å². The Labute approximate surface area is 62.0 Å². The molecule has 0 saturated carbocycles. The summed E-state index contributed by atoms with van der Waals surface area (Å²) < 4.78 is 5.14. The molecule has 3 heteroatoms. The van der Waals surface area contributed by atoms with Crippen molar-refractivity contribution in [3.63, 3.8) is 0 Å². The van der Waals surface area contributed by atoms with Crippen molar-refractivity contribution in [1.82, 2.24) is 0 Å². The topological polar surface area (TPSA) is 29.5 Å². The summed E-state index contributed by atoms with van der Waals surface area (Å²) in [5.74, 6) is 2.41. The van der Waals surface area contributed by atoms with Crippen molar-refractivity contribution in [2.75, 3.05) is 6.61 Å². The van der Waals surface area contributed by atoms with Gasteiger partial charge in [-0.1, -0.05) is 5.92 Å². The minimum Gasteiger partial charge on any atom is -0.392 e. The van der Waals surface area contributed by atoms with E-state index in [1.54, 1.807) is 0 Å². The maximum atomic E-state index is 8.81. The van der Waals surface area contributed by atoms with Gasteiger partial charge in [-0.15, -0.1) is 6.42 Å². The van der Waals surface area contributed by atoms with E-state index in [1.165, 1.54) is 0 Å². The van der Waals surface area contributed by atoms with Gasteiger partial charge in [0.15, 0.2) is 5.60 Å². The third-order valence-corrected chi connectivity index (χ3v) is 1.73. The Morgan fingerprint density at radius 3 is 2.80 bits per heavy atom. The summed E-state index contributed by atoms with van der Waals surface area (Å²) in [6, 6.07) is -0.303. The van der Waals surface area contributed by atoms with Crippen LogP contribution in [0.25, 0.3) is 0 Å². The van der Waals surface area contributed by atoms with Crippen molar-refractivity contribution in [1.29, 1.82) is 0 Å². The second kappa shape index (κ2) is 2.65. The van der Waals surface area contributed by atoms with E-state index in [1.807, 2.05) is 0 Å². The monoisotopic (exact) mass is 136 g/mol. The minimum atomic E-state index is -0.792. The molecular weight excluding hydrogens is 127 g/mol. The van der Waals surface area contributed by atoms with Crippen LogP contribution in [0.1, 0.15) is 12.8 Å². The Morgan fingerprint density at radius 1 is 1.90 bits per heavy atom. The molecule has 2 atom stereocenters. The van der Waals surface area contributed by atoms with E-state index in [2.05, 4.69) is 5.92 Å². The molecule has 0 aromatic carbocycles. The molecule has 2 nitrogen and oxygen atoms in total. The SMILES string of the molecule is [B][C@H]1CC[C@@](C#C)(CO)O1. The van der Waals surface area contributed by atoms with Crippen LogP contribution in [0, 0.1) is 12.3 Å². The Hall–Kier alpha value is -0.455. The lowest BCUT2D eigenvalue weighted by Gasteiger charge is -2.19. The molecule has 0 aromatic heterocycles. The molecule has 2 radical (unpaired) electrons. The largest absolute Gasteiger partial charge is 0.392 e. The molecule has 0 unspecified atom stereocenters. The molecule has 0 aliphatic carbocycles. The summed E-state index contributed by atoms with van der Waals surface area (Å²) in [5.41, 5.74) is -0.792. The third kappa shape index (κ3) is 1.18. The normalized spacial score (nSPS) is 39.4. The van der Waals surface area contributed by atoms with Gasteiger partial charge in [0.05, 0.1) is 6.61 Å². The van der Waals surface area contributed by atoms with Crippen molar-refractivity contribution in [2.45, 2.75) is 24.4 Å². The van der Waals surface area contributed by atoms with E-state index >= 15 is 0 Å². The van der Waals surface area contributed by atoms with Gasteiger partial charge in [0.1, 0.15) is 7.85 Å². The lowest BCUT2D eigenvalue weighted by Crippen LogP contribution is -2.31. The van der Waals surface area contributed by atoms with Gasteiger partial charge in [0, 0.05) is 6.00 Å². The number of aliphatic hydroxyl groups excluding tert-OH is 1. The van der Waals surface area contributed by atoms with Crippen molar-refractivity contribution in [3.05, 3.63) is 0 Å². The van der Waals surface area contributed by atoms with Crippen LogP contribution < -0.4 is 0 Å². The molecule has 1 rings (SSSR count). The zero-order chi connectivity index (χ0) is 7.61. The van der Waals surface area contributed by atoms with Crippen LogP contribution in [0.15, 0.2) is 0 Å². The quantitative estimate of drug-likeness (QED) is 0.394. The molecule has 10 heavy (non-hydrogen) atoms. The average Bonchev–Trinajstić information content (AvgIpc) is 2.33. The van der Waals surface area contributed by atoms with Gasteiger partial charge in [0.25, 0.3) is 0 Å². The highest BCUT2D eigenvalue weighted by molar-refractivity contribution is 6.11. The fraction of sp³-hybridized carbons (Fsp3) is 0.714. The smallest absolute Gasteiger partial charge is 0.150 e. The summed E-state index contributed by atoms with van der Waals surface area (Å²) in [5, 5.41) is 8.81. The van der Waals surface area contributed by atoms with E-state index < -0.39 is 5.60 Å².